The van der Waals surface area contributed by atoms with Gasteiger partial charge in [-0.05, 0) is 67.1 Å². The number of carbonyl (C=O) groups is 3. The van der Waals surface area contributed by atoms with Crippen LogP contribution in [0.3, 0.4) is 0 Å². The summed E-state index contributed by atoms with van der Waals surface area (Å²) in [5.74, 6) is 0.139. The quantitative estimate of drug-likeness (QED) is 0.677. The van der Waals surface area contributed by atoms with E-state index in [1.165, 1.54) is 22.4 Å². The number of Topliss-reactive ketones (excluding diaryl/α,β-unsaturated/α-hetero) is 1. The van der Waals surface area contributed by atoms with Crippen LogP contribution >= 0.6 is 0 Å². The second-order valence-electron chi connectivity index (χ2n) is 7.64. The lowest BCUT2D eigenvalue weighted by molar-refractivity contribution is -0.133. The van der Waals surface area contributed by atoms with E-state index in [1.807, 2.05) is 18.2 Å². The highest BCUT2D eigenvalue weighted by atomic mass is 16.5. The number of hydrogen-bond donors (Lipinski definition) is 1. The third kappa shape index (κ3) is 5.69. The number of ketones is 1. The van der Waals surface area contributed by atoms with Crippen LogP contribution in [0.25, 0.3) is 0 Å². The van der Waals surface area contributed by atoms with Gasteiger partial charge in [0.15, 0.2) is 5.78 Å². The number of aryl methyl sites for hydroxylation is 2. The highest BCUT2D eigenvalue weighted by Gasteiger charge is 2.17. The molecule has 0 bridgehead atoms. The largest absolute Gasteiger partial charge is 0.497 e. The minimum Gasteiger partial charge on any atom is -0.497 e. The van der Waals surface area contributed by atoms with Crippen LogP contribution in [-0.4, -0.2) is 43.2 Å². The zero-order chi connectivity index (χ0) is 21.5. The molecule has 0 saturated carbocycles. The van der Waals surface area contributed by atoms with Crippen LogP contribution in [0.5, 0.6) is 5.75 Å². The van der Waals surface area contributed by atoms with Crippen molar-refractivity contribution in [3.63, 3.8) is 0 Å². The zero-order valence-corrected chi connectivity index (χ0v) is 17.6. The molecule has 3 rings (SSSR count). The summed E-state index contributed by atoms with van der Waals surface area (Å²) in [6.07, 6.45) is 4.68. The lowest BCUT2D eigenvalue weighted by Crippen LogP contribution is -2.35. The maximum atomic E-state index is 12.5. The van der Waals surface area contributed by atoms with E-state index in [0.29, 0.717) is 17.0 Å². The van der Waals surface area contributed by atoms with Gasteiger partial charge in [-0.15, -0.1) is 0 Å². The molecule has 2 aromatic rings. The number of nitrogens with one attached hydrogen (secondary N) is 1. The normalized spacial score (nSPS) is 12.6. The molecule has 0 unspecified atom stereocenters. The fraction of sp³-hybridized carbons (Fsp3) is 0.375. The van der Waals surface area contributed by atoms with Crippen molar-refractivity contribution in [3.8, 4) is 5.75 Å². The van der Waals surface area contributed by atoms with Gasteiger partial charge in [-0.2, -0.15) is 0 Å². The molecule has 0 aliphatic heterocycles. The van der Waals surface area contributed by atoms with Crippen LogP contribution in [0.15, 0.2) is 42.5 Å². The summed E-state index contributed by atoms with van der Waals surface area (Å²) in [4.78, 5) is 38.4. The number of methoxy groups -OCH3 is 1. The first kappa shape index (κ1) is 21.6. The third-order valence-electron chi connectivity index (χ3n) is 5.42. The van der Waals surface area contributed by atoms with Gasteiger partial charge < -0.3 is 15.0 Å². The molecule has 0 fully saturated rings. The molecule has 30 heavy (non-hydrogen) atoms. The van der Waals surface area contributed by atoms with Gasteiger partial charge in [0, 0.05) is 31.1 Å². The van der Waals surface area contributed by atoms with Crippen LogP contribution in [0.1, 0.15) is 47.2 Å². The molecule has 0 spiro atoms. The highest BCUT2D eigenvalue weighted by Crippen LogP contribution is 2.23. The summed E-state index contributed by atoms with van der Waals surface area (Å²) in [7, 11) is 3.14. The molecule has 0 atom stereocenters. The minimum absolute atomic E-state index is 0.0344. The molecule has 1 aliphatic carbocycles. The van der Waals surface area contributed by atoms with E-state index in [-0.39, 0.29) is 37.0 Å². The molecule has 6 heteroatoms. The second-order valence-corrected chi connectivity index (χ2v) is 7.64. The Labute approximate surface area is 177 Å². The molecule has 2 amide bonds. The number of anilines is 1. The molecule has 6 nitrogen and oxygen atoms in total. The van der Waals surface area contributed by atoms with Crippen LogP contribution in [0, 0.1) is 0 Å². The Kier molecular flexibility index (Phi) is 7.22. The smallest absolute Gasteiger partial charge is 0.243 e. The topological polar surface area (TPSA) is 75.7 Å². The van der Waals surface area contributed by atoms with Gasteiger partial charge in [0.1, 0.15) is 5.75 Å². The summed E-state index contributed by atoms with van der Waals surface area (Å²) >= 11 is 0. The summed E-state index contributed by atoms with van der Waals surface area (Å²) in [6, 6.07) is 12.8. The maximum Gasteiger partial charge on any atom is 0.243 e. The predicted molar refractivity (Wildman–Crippen MR) is 116 cm³/mol. The number of ether oxygens (including phenoxy) is 1. The third-order valence-corrected chi connectivity index (χ3v) is 5.42. The first-order chi connectivity index (χ1) is 14.5. The minimum atomic E-state index is -0.294. The summed E-state index contributed by atoms with van der Waals surface area (Å²) in [6.45, 7) is -0.0715. The highest BCUT2D eigenvalue weighted by molar-refractivity contribution is 5.99. The molecule has 0 saturated heterocycles. The Morgan fingerprint density at radius 2 is 1.67 bits per heavy atom. The predicted octanol–water partition coefficient (Wildman–Crippen LogP) is 3.63. The van der Waals surface area contributed by atoms with E-state index in [2.05, 4.69) is 5.32 Å². The molecule has 0 radical (unpaired) electrons. The van der Waals surface area contributed by atoms with Gasteiger partial charge in [-0.3, -0.25) is 14.4 Å². The Morgan fingerprint density at radius 3 is 2.37 bits per heavy atom. The van der Waals surface area contributed by atoms with Crippen molar-refractivity contribution >= 4 is 23.3 Å². The van der Waals surface area contributed by atoms with Crippen molar-refractivity contribution in [1.29, 1.82) is 0 Å². The van der Waals surface area contributed by atoms with Crippen LogP contribution < -0.4 is 10.1 Å². The van der Waals surface area contributed by atoms with Gasteiger partial charge in [0.05, 0.1) is 13.7 Å². The summed E-state index contributed by atoms with van der Waals surface area (Å²) < 4.78 is 5.08. The van der Waals surface area contributed by atoms with Gasteiger partial charge in [-0.25, -0.2) is 0 Å². The number of benzene rings is 2. The van der Waals surface area contributed by atoms with Crippen molar-refractivity contribution in [2.75, 3.05) is 26.0 Å². The fourth-order valence-electron chi connectivity index (χ4n) is 3.64. The van der Waals surface area contributed by atoms with Crippen LogP contribution in [0.4, 0.5) is 5.69 Å². The van der Waals surface area contributed by atoms with Gasteiger partial charge >= 0.3 is 0 Å². The molecule has 1 N–H and O–H groups in total. The number of rotatable bonds is 8. The number of carbonyl (C=O) groups excluding carboxylic acids is 3. The standard InChI is InChI=1S/C24H28N2O4/c1-26(16-23(28)25-20-9-11-21(30-2)12-10-20)24(29)14-13-22(27)19-8-7-17-5-3-4-6-18(17)15-19/h7-12,15H,3-6,13-14,16H2,1-2H3,(H,25,28). The van der Waals surface area contributed by atoms with Crippen molar-refractivity contribution in [1.82, 2.24) is 4.90 Å². The molecule has 1 aliphatic rings. The first-order valence-electron chi connectivity index (χ1n) is 10.3. The summed E-state index contributed by atoms with van der Waals surface area (Å²) in [5.41, 5.74) is 3.88. The molecular formula is C24H28N2O4. The van der Waals surface area contributed by atoms with E-state index >= 15 is 0 Å². The average molecular weight is 408 g/mol. The first-order valence-corrected chi connectivity index (χ1v) is 10.3. The Bertz CT molecular complexity index is 921. The molecular weight excluding hydrogens is 380 g/mol. The number of nitrogens with zero attached hydrogens (tertiary/aromatic N) is 1. The lowest BCUT2D eigenvalue weighted by atomic mass is 9.89. The van der Waals surface area contributed by atoms with E-state index in [1.54, 1.807) is 38.4 Å². The maximum absolute atomic E-state index is 12.5. The molecule has 0 aromatic heterocycles. The second kappa shape index (κ2) is 10.1. The van der Waals surface area contributed by atoms with Crippen molar-refractivity contribution < 1.29 is 19.1 Å². The molecule has 2 aromatic carbocycles. The van der Waals surface area contributed by atoms with Crippen molar-refractivity contribution in [2.24, 2.45) is 0 Å². The van der Waals surface area contributed by atoms with Crippen molar-refractivity contribution in [2.45, 2.75) is 38.5 Å². The lowest BCUT2D eigenvalue weighted by Gasteiger charge is -2.17. The summed E-state index contributed by atoms with van der Waals surface area (Å²) in [5, 5.41) is 2.74. The zero-order valence-electron chi connectivity index (χ0n) is 17.6. The Hall–Kier alpha value is -3.15. The van der Waals surface area contributed by atoms with E-state index < -0.39 is 0 Å². The fourth-order valence-corrected chi connectivity index (χ4v) is 3.64. The van der Waals surface area contributed by atoms with E-state index in [0.717, 1.165) is 19.3 Å². The SMILES string of the molecule is COc1ccc(NC(=O)CN(C)C(=O)CCC(=O)c2ccc3c(c2)CCCC3)cc1. The van der Waals surface area contributed by atoms with E-state index in [4.69, 9.17) is 4.74 Å². The van der Waals surface area contributed by atoms with Gasteiger partial charge in [0.25, 0.3) is 0 Å². The van der Waals surface area contributed by atoms with Gasteiger partial charge in [-0.1, -0.05) is 12.1 Å². The molecule has 158 valence electrons. The van der Waals surface area contributed by atoms with Gasteiger partial charge in [0.2, 0.25) is 11.8 Å². The Morgan fingerprint density at radius 1 is 0.967 bits per heavy atom. The number of likely N-dealkylation sites (N-methyl/N-ethyl adjacent to an activating group) is 1. The van der Waals surface area contributed by atoms with Crippen LogP contribution in [0.2, 0.25) is 0 Å². The Balaban J connectivity index is 1.46. The number of fused-ring (bicyclic) bond motifs is 1. The molecule has 0 heterocycles. The van der Waals surface area contributed by atoms with Crippen LogP contribution in [-0.2, 0) is 22.4 Å². The number of hydrogen-bond acceptors (Lipinski definition) is 4. The monoisotopic (exact) mass is 408 g/mol. The number of amides is 2. The average Bonchev–Trinajstić information content (AvgIpc) is 2.77. The van der Waals surface area contributed by atoms with E-state index in [9.17, 15) is 14.4 Å². The van der Waals surface area contributed by atoms with Crippen molar-refractivity contribution in [3.05, 3.63) is 59.2 Å².